The van der Waals surface area contributed by atoms with Crippen LogP contribution in [0.25, 0.3) is 0 Å². The number of nitriles is 1. The number of methoxy groups -OCH3 is 1. The molecular weight excluding hydrogens is 338 g/mol. The second kappa shape index (κ2) is 7.05. The summed E-state index contributed by atoms with van der Waals surface area (Å²) in [5.41, 5.74) is 2.34. The molecule has 25 heavy (non-hydrogen) atoms. The molecule has 1 aromatic heterocycles. The van der Waals surface area contributed by atoms with E-state index in [1.807, 2.05) is 13.1 Å². The second-order valence-corrected chi connectivity index (χ2v) is 6.94. The maximum atomic E-state index is 12.5. The number of carbonyl (C=O) groups is 2. The predicted octanol–water partition coefficient (Wildman–Crippen LogP) is 2.65. The average molecular weight is 355 g/mol. The molecule has 0 unspecified atom stereocenters. The Balaban J connectivity index is 1.92. The molecule has 3 rings (SSSR count). The maximum absolute atomic E-state index is 12.5. The Kier molecular flexibility index (Phi) is 4.83. The van der Waals surface area contributed by atoms with Crippen LogP contribution < -0.4 is 5.32 Å². The highest BCUT2D eigenvalue weighted by atomic mass is 32.1. The molecule has 0 spiro atoms. The van der Waals surface area contributed by atoms with E-state index in [4.69, 9.17) is 10.00 Å². The lowest BCUT2D eigenvalue weighted by Crippen LogP contribution is -2.26. The highest BCUT2D eigenvalue weighted by Crippen LogP contribution is 2.37. The number of likely N-dealkylation sites (N-methyl/N-ethyl adjacent to an activating group) is 1. The Labute approximate surface area is 149 Å². The monoisotopic (exact) mass is 355 g/mol. The maximum Gasteiger partial charge on any atom is 0.341 e. The van der Waals surface area contributed by atoms with E-state index in [-0.39, 0.29) is 5.91 Å². The lowest BCUT2D eigenvalue weighted by Gasteiger charge is -2.22. The van der Waals surface area contributed by atoms with Crippen LogP contribution in [0.1, 0.15) is 36.7 Å². The van der Waals surface area contributed by atoms with Crippen molar-refractivity contribution in [1.82, 2.24) is 4.90 Å². The van der Waals surface area contributed by atoms with Crippen molar-refractivity contribution in [2.45, 2.75) is 13.0 Å². The van der Waals surface area contributed by atoms with Gasteiger partial charge in [-0.25, -0.2) is 4.79 Å². The SMILES string of the molecule is COC(=O)c1c(NC(=O)c2ccc(C#N)cc2)sc2c1CCN(C)C2. The summed E-state index contributed by atoms with van der Waals surface area (Å²) in [4.78, 5) is 28.0. The Morgan fingerprint density at radius 2 is 2.04 bits per heavy atom. The molecule has 0 saturated carbocycles. The fourth-order valence-electron chi connectivity index (χ4n) is 2.81. The van der Waals surface area contributed by atoms with Crippen molar-refractivity contribution >= 4 is 28.2 Å². The lowest BCUT2D eigenvalue weighted by molar-refractivity contribution is 0.0600. The minimum atomic E-state index is -0.433. The molecule has 2 heterocycles. The van der Waals surface area contributed by atoms with Crippen LogP contribution in [0.4, 0.5) is 5.00 Å². The normalized spacial score (nSPS) is 13.6. The number of ether oxygens (including phenoxy) is 1. The summed E-state index contributed by atoms with van der Waals surface area (Å²) in [6.45, 7) is 1.60. The van der Waals surface area contributed by atoms with Crippen LogP contribution in [-0.4, -0.2) is 37.5 Å². The molecule has 1 N–H and O–H groups in total. The van der Waals surface area contributed by atoms with E-state index in [1.165, 1.54) is 18.4 Å². The zero-order valence-corrected chi connectivity index (χ0v) is 14.8. The Morgan fingerprint density at radius 1 is 1.32 bits per heavy atom. The molecule has 0 aliphatic carbocycles. The van der Waals surface area contributed by atoms with Crippen LogP contribution in [-0.2, 0) is 17.7 Å². The molecule has 0 fully saturated rings. The van der Waals surface area contributed by atoms with Gasteiger partial charge in [0.25, 0.3) is 5.91 Å². The summed E-state index contributed by atoms with van der Waals surface area (Å²) >= 11 is 1.41. The Morgan fingerprint density at radius 3 is 2.68 bits per heavy atom. The third-order valence-corrected chi connectivity index (χ3v) is 5.27. The first-order valence-electron chi connectivity index (χ1n) is 7.76. The number of nitrogens with one attached hydrogen (secondary N) is 1. The molecule has 1 aliphatic rings. The van der Waals surface area contributed by atoms with E-state index in [9.17, 15) is 9.59 Å². The molecule has 1 aromatic carbocycles. The van der Waals surface area contributed by atoms with E-state index in [2.05, 4.69) is 10.2 Å². The van der Waals surface area contributed by atoms with E-state index in [0.717, 1.165) is 30.0 Å². The molecule has 128 valence electrons. The van der Waals surface area contributed by atoms with Gasteiger partial charge < -0.3 is 15.0 Å². The van der Waals surface area contributed by atoms with Gasteiger partial charge in [-0.05, 0) is 43.3 Å². The van der Waals surface area contributed by atoms with Crippen molar-refractivity contribution in [1.29, 1.82) is 5.26 Å². The third kappa shape index (κ3) is 3.40. The molecule has 6 nitrogen and oxygen atoms in total. The first kappa shape index (κ1) is 17.1. The number of nitrogens with zero attached hydrogens (tertiary/aromatic N) is 2. The number of carbonyl (C=O) groups excluding carboxylic acids is 2. The number of rotatable bonds is 3. The molecule has 2 aromatic rings. The van der Waals surface area contributed by atoms with E-state index in [0.29, 0.717) is 21.7 Å². The first-order chi connectivity index (χ1) is 12.0. The van der Waals surface area contributed by atoms with Gasteiger partial charge in [0.2, 0.25) is 0 Å². The van der Waals surface area contributed by atoms with Crippen molar-refractivity contribution in [3.63, 3.8) is 0 Å². The van der Waals surface area contributed by atoms with Gasteiger partial charge in [-0.15, -0.1) is 11.3 Å². The number of amides is 1. The highest BCUT2D eigenvalue weighted by molar-refractivity contribution is 7.17. The van der Waals surface area contributed by atoms with Gasteiger partial charge in [0.1, 0.15) is 5.00 Å². The number of thiophene rings is 1. The Bertz CT molecular complexity index is 865. The van der Waals surface area contributed by atoms with Gasteiger partial charge in [-0.3, -0.25) is 4.79 Å². The summed E-state index contributed by atoms with van der Waals surface area (Å²) in [6, 6.07) is 8.37. The summed E-state index contributed by atoms with van der Waals surface area (Å²) in [5, 5.41) is 12.2. The van der Waals surface area contributed by atoms with Crippen molar-refractivity contribution in [2.75, 3.05) is 26.0 Å². The van der Waals surface area contributed by atoms with Gasteiger partial charge in [0, 0.05) is 23.5 Å². The van der Waals surface area contributed by atoms with E-state index >= 15 is 0 Å². The summed E-state index contributed by atoms with van der Waals surface area (Å²) < 4.78 is 4.91. The van der Waals surface area contributed by atoms with Gasteiger partial charge in [-0.1, -0.05) is 0 Å². The molecule has 0 bridgehead atoms. The summed E-state index contributed by atoms with van der Waals surface area (Å²) in [5.74, 6) is -0.751. The van der Waals surface area contributed by atoms with Crippen LogP contribution in [0.2, 0.25) is 0 Å². The van der Waals surface area contributed by atoms with Crippen LogP contribution >= 0.6 is 11.3 Å². The lowest BCUT2D eigenvalue weighted by atomic mass is 10.0. The van der Waals surface area contributed by atoms with Gasteiger partial charge >= 0.3 is 5.97 Å². The molecular formula is C18H17N3O3S. The fourth-order valence-corrected chi connectivity index (χ4v) is 4.12. The van der Waals surface area contributed by atoms with Crippen LogP contribution in [0.3, 0.4) is 0 Å². The van der Waals surface area contributed by atoms with Gasteiger partial charge in [0.05, 0.1) is 24.3 Å². The topological polar surface area (TPSA) is 82.4 Å². The number of esters is 1. The smallest absolute Gasteiger partial charge is 0.341 e. The number of benzene rings is 1. The highest BCUT2D eigenvalue weighted by Gasteiger charge is 2.28. The minimum Gasteiger partial charge on any atom is -0.465 e. The molecule has 1 aliphatic heterocycles. The quantitative estimate of drug-likeness (QED) is 0.856. The minimum absolute atomic E-state index is 0.318. The van der Waals surface area contributed by atoms with Crippen molar-refractivity contribution < 1.29 is 14.3 Å². The summed E-state index contributed by atoms with van der Waals surface area (Å²) in [7, 11) is 3.36. The Hall–Kier alpha value is -2.69. The zero-order chi connectivity index (χ0) is 18.0. The number of fused-ring (bicyclic) bond motifs is 1. The van der Waals surface area contributed by atoms with Gasteiger partial charge in [-0.2, -0.15) is 5.26 Å². The number of hydrogen-bond acceptors (Lipinski definition) is 6. The molecule has 0 saturated heterocycles. The average Bonchev–Trinajstić information content (AvgIpc) is 2.97. The molecule has 0 radical (unpaired) electrons. The fraction of sp³-hybridized carbons (Fsp3) is 0.278. The van der Waals surface area contributed by atoms with Gasteiger partial charge in [0.15, 0.2) is 0 Å². The zero-order valence-electron chi connectivity index (χ0n) is 14.0. The largest absolute Gasteiger partial charge is 0.465 e. The first-order valence-corrected chi connectivity index (χ1v) is 8.58. The van der Waals surface area contributed by atoms with Crippen LogP contribution in [0, 0.1) is 11.3 Å². The van der Waals surface area contributed by atoms with Crippen molar-refractivity contribution in [3.05, 3.63) is 51.4 Å². The molecule has 0 atom stereocenters. The summed E-state index contributed by atoms with van der Waals surface area (Å²) in [6.07, 6.45) is 0.750. The predicted molar refractivity (Wildman–Crippen MR) is 94.8 cm³/mol. The van der Waals surface area contributed by atoms with E-state index in [1.54, 1.807) is 24.3 Å². The standard InChI is InChI=1S/C18H17N3O3S/c1-21-8-7-13-14(10-21)25-17(15(13)18(23)24-2)20-16(22)12-5-3-11(9-19)4-6-12/h3-6H,7-8,10H2,1-2H3,(H,20,22). The number of anilines is 1. The molecule has 7 heteroatoms. The van der Waals surface area contributed by atoms with E-state index < -0.39 is 5.97 Å². The van der Waals surface area contributed by atoms with Crippen LogP contribution in [0.5, 0.6) is 0 Å². The number of hydrogen-bond donors (Lipinski definition) is 1. The van der Waals surface area contributed by atoms with Crippen molar-refractivity contribution in [2.24, 2.45) is 0 Å². The second-order valence-electron chi connectivity index (χ2n) is 5.83. The third-order valence-electron chi connectivity index (χ3n) is 4.14. The van der Waals surface area contributed by atoms with Crippen molar-refractivity contribution in [3.8, 4) is 6.07 Å². The molecule has 1 amide bonds. The van der Waals surface area contributed by atoms with Crippen LogP contribution in [0.15, 0.2) is 24.3 Å².